The average Bonchev–Trinajstić information content (AvgIpc) is 2.74. The fourth-order valence-corrected chi connectivity index (χ4v) is 3.11. The Labute approximate surface area is 203 Å². The van der Waals surface area contributed by atoms with E-state index in [0.29, 0.717) is 19.4 Å². The van der Waals surface area contributed by atoms with Crippen LogP contribution in [0.25, 0.3) is 0 Å². The Kier molecular flexibility index (Phi) is 14.9. The van der Waals surface area contributed by atoms with Crippen LogP contribution in [0.3, 0.4) is 0 Å². The number of carbonyl (C=O) groups is 6. The van der Waals surface area contributed by atoms with Crippen molar-refractivity contribution in [2.75, 3.05) is 6.54 Å². The molecule has 35 heavy (non-hydrogen) atoms. The SMILES string of the molecule is CC(C)CC(N)C(=O)NC(CC(=O)O)C(=O)NC(CCC(=O)O)C(=O)NC(CCCCN)C(=O)O. The molecule has 3 amide bonds. The summed E-state index contributed by atoms with van der Waals surface area (Å²) < 4.78 is 0. The van der Waals surface area contributed by atoms with Gasteiger partial charge in [0.15, 0.2) is 0 Å². The van der Waals surface area contributed by atoms with Crippen LogP contribution in [0, 0.1) is 5.92 Å². The number of aliphatic carboxylic acids is 3. The molecule has 0 rings (SSSR count). The largest absolute Gasteiger partial charge is 0.481 e. The summed E-state index contributed by atoms with van der Waals surface area (Å²) in [6, 6.07) is -5.40. The number of carbonyl (C=O) groups excluding carboxylic acids is 3. The van der Waals surface area contributed by atoms with Crippen molar-refractivity contribution in [3.63, 3.8) is 0 Å². The van der Waals surface area contributed by atoms with Crippen LogP contribution in [0.5, 0.6) is 0 Å². The van der Waals surface area contributed by atoms with Gasteiger partial charge in [-0.25, -0.2) is 4.79 Å². The number of hydrogen-bond acceptors (Lipinski definition) is 8. The molecule has 0 radical (unpaired) electrons. The highest BCUT2D eigenvalue weighted by atomic mass is 16.4. The highest BCUT2D eigenvalue weighted by Crippen LogP contribution is 2.07. The standard InChI is InChI=1S/C21H37N5O9/c1-11(2)9-12(23)18(31)26-15(10-17(29)30)20(33)24-13(6-7-16(27)28)19(32)25-14(21(34)35)5-3-4-8-22/h11-15H,3-10,22-23H2,1-2H3,(H,24,33)(H,25,32)(H,26,31)(H,27,28)(H,29,30)(H,34,35). The third kappa shape index (κ3) is 13.9. The fraction of sp³-hybridized carbons (Fsp3) is 0.714. The molecule has 10 N–H and O–H groups in total. The molecular weight excluding hydrogens is 466 g/mol. The molecule has 0 bridgehead atoms. The lowest BCUT2D eigenvalue weighted by atomic mass is 10.0. The van der Waals surface area contributed by atoms with E-state index < -0.39 is 79.1 Å². The molecule has 14 heteroatoms. The number of hydrogen-bond donors (Lipinski definition) is 8. The van der Waals surface area contributed by atoms with E-state index in [4.69, 9.17) is 21.7 Å². The first-order valence-corrected chi connectivity index (χ1v) is 11.3. The van der Waals surface area contributed by atoms with Crippen molar-refractivity contribution in [2.45, 2.75) is 83.0 Å². The highest BCUT2D eigenvalue weighted by Gasteiger charge is 2.31. The van der Waals surface area contributed by atoms with Crippen LogP contribution in [0.15, 0.2) is 0 Å². The first-order valence-electron chi connectivity index (χ1n) is 11.3. The zero-order valence-corrected chi connectivity index (χ0v) is 20.0. The summed E-state index contributed by atoms with van der Waals surface area (Å²) in [6.07, 6.45) is -0.504. The predicted octanol–water partition coefficient (Wildman–Crippen LogP) is -1.63. The molecule has 0 fully saturated rings. The molecule has 0 aliphatic carbocycles. The molecule has 0 aliphatic heterocycles. The maximum Gasteiger partial charge on any atom is 0.326 e. The van der Waals surface area contributed by atoms with Crippen molar-refractivity contribution in [3.05, 3.63) is 0 Å². The number of rotatable bonds is 18. The highest BCUT2D eigenvalue weighted by molar-refractivity contribution is 5.95. The smallest absolute Gasteiger partial charge is 0.326 e. The summed E-state index contributed by atoms with van der Waals surface area (Å²) >= 11 is 0. The van der Waals surface area contributed by atoms with E-state index in [1.54, 1.807) is 0 Å². The average molecular weight is 504 g/mol. The van der Waals surface area contributed by atoms with Gasteiger partial charge in [-0.15, -0.1) is 0 Å². The predicted molar refractivity (Wildman–Crippen MR) is 123 cm³/mol. The summed E-state index contributed by atoms with van der Waals surface area (Å²) in [5.74, 6) is -6.75. The summed E-state index contributed by atoms with van der Waals surface area (Å²) in [5, 5.41) is 34.2. The second-order valence-corrected chi connectivity index (χ2v) is 8.57. The van der Waals surface area contributed by atoms with E-state index in [-0.39, 0.29) is 18.8 Å². The molecular formula is C21H37N5O9. The van der Waals surface area contributed by atoms with Crippen molar-refractivity contribution in [1.29, 1.82) is 0 Å². The Balaban J connectivity index is 5.54. The van der Waals surface area contributed by atoms with Crippen LogP contribution in [0.4, 0.5) is 0 Å². The lowest BCUT2D eigenvalue weighted by molar-refractivity contribution is -0.144. The molecule has 0 aromatic heterocycles. The number of amides is 3. The molecule has 4 unspecified atom stereocenters. The van der Waals surface area contributed by atoms with Gasteiger partial charge in [-0.2, -0.15) is 0 Å². The Bertz CT molecular complexity index is 759. The van der Waals surface area contributed by atoms with Crippen molar-refractivity contribution < 1.29 is 44.1 Å². The number of carboxylic acids is 3. The monoisotopic (exact) mass is 503 g/mol. The maximum absolute atomic E-state index is 12.8. The van der Waals surface area contributed by atoms with Gasteiger partial charge in [0.2, 0.25) is 17.7 Å². The summed E-state index contributed by atoms with van der Waals surface area (Å²) in [5.41, 5.74) is 11.2. The summed E-state index contributed by atoms with van der Waals surface area (Å²) in [6.45, 7) is 3.97. The van der Waals surface area contributed by atoms with Crippen molar-refractivity contribution in [1.82, 2.24) is 16.0 Å². The molecule has 0 saturated heterocycles. The van der Waals surface area contributed by atoms with Gasteiger partial charge >= 0.3 is 17.9 Å². The molecule has 0 aliphatic rings. The Morgan fingerprint density at radius 1 is 0.743 bits per heavy atom. The summed E-state index contributed by atoms with van der Waals surface area (Å²) in [4.78, 5) is 71.5. The van der Waals surface area contributed by atoms with Crippen LogP contribution in [-0.2, 0) is 28.8 Å². The summed E-state index contributed by atoms with van der Waals surface area (Å²) in [7, 11) is 0. The zero-order chi connectivity index (χ0) is 27.1. The molecule has 0 aromatic carbocycles. The van der Waals surface area contributed by atoms with Crippen molar-refractivity contribution >= 4 is 35.6 Å². The van der Waals surface area contributed by atoms with Gasteiger partial charge in [-0.3, -0.25) is 24.0 Å². The van der Waals surface area contributed by atoms with Crippen LogP contribution in [0.1, 0.15) is 58.8 Å². The van der Waals surface area contributed by atoms with Crippen molar-refractivity contribution in [3.8, 4) is 0 Å². The number of nitrogens with one attached hydrogen (secondary N) is 3. The fourth-order valence-electron chi connectivity index (χ4n) is 3.11. The minimum Gasteiger partial charge on any atom is -0.481 e. The van der Waals surface area contributed by atoms with Gasteiger partial charge in [0, 0.05) is 6.42 Å². The van der Waals surface area contributed by atoms with Crippen LogP contribution in [0.2, 0.25) is 0 Å². The quantitative estimate of drug-likeness (QED) is 0.0985. The van der Waals surface area contributed by atoms with E-state index >= 15 is 0 Å². The molecule has 0 spiro atoms. The van der Waals surface area contributed by atoms with Gasteiger partial charge in [-0.1, -0.05) is 13.8 Å². The Morgan fingerprint density at radius 2 is 1.29 bits per heavy atom. The Hall–Kier alpha value is -3.26. The normalized spacial score (nSPS) is 14.3. The van der Waals surface area contributed by atoms with E-state index in [1.165, 1.54) is 0 Å². The minimum absolute atomic E-state index is 0.0543. The van der Waals surface area contributed by atoms with Crippen LogP contribution in [-0.4, -0.2) is 81.7 Å². The first kappa shape index (κ1) is 31.7. The topological polar surface area (TPSA) is 251 Å². The van der Waals surface area contributed by atoms with Crippen molar-refractivity contribution in [2.24, 2.45) is 17.4 Å². The zero-order valence-electron chi connectivity index (χ0n) is 20.0. The van der Waals surface area contributed by atoms with Gasteiger partial charge < -0.3 is 42.7 Å². The van der Waals surface area contributed by atoms with E-state index in [2.05, 4.69) is 16.0 Å². The molecule has 200 valence electrons. The molecule has 0 aromatic rings. The van der Waals surface area contributed by atoms with Gasteiger partial charge in [-0.05, 0) is 44.6 Å². The van der Waals surface area contributed by atoms with E-state index in [9.17, 15) is 33.9 Å². The van der Waals surface area contributed by atoms with Gasteiger partial charge in [0.1, 0.15) is 18.1 Å². The lowest BCUT2D eigenvalue weighted by Crippen LogP contribution is -2.57. The molecule has 0 heterocycles. The third-order valence-electron chi connectivity index (χ3n) is 4.92. The number of carboxylic acid groups (broad SMARTS) is 3. The van der Waals surface area contributed by atoms with Gasteiger partial charge in [0.05, 0.1) is 12.5 Å². The van der Waals surface area contributed by atoms with Crippen LogP contribution < -0.4 is 27.4 Å². The molecule has 14 nitrogen and oxygen atoms in total. The maximum atomic E-state index is 12.8. The minimum atomic E-state index is -1.60. The molecule has 4 atom stereocenters. The first-order chi connectivity index (χ1) is 16.3. The number of unbranched alkanes of at least 4 members (excludes halogenated alkanes) is 1. The third-order valence-corrected chi connectivity index (χ3v) is 4.92. The second kappa shape index (κ2) is 16.4. The lowest BCUT2D eigenvalue weighted by Gasteiger charge is -2.24. The van der Waals surface area contributed by atoms with Crippen LogP contribution >= 0.6 is 0 Å². The van der Waals surface area contributed by atoms with E-state index in [1.807, 2.05) is 13.8 Å². The second-order valence-electron chi connectivity index (χ2n) is 8.57. The van der Waals surface area contributed by atoms with E-state index in [0.717, 1.165) is 0 Å². The molecule has 0 saturated carbocycles. The van der Waals surface area contributed by atoms with Gasteiger partial charge in [0.25, 0.3) is 0 Å². The number of nitrogens with two attached hydrogens (primary N) is 2. The Morgan fingerprint density at radius 3 is 1.77 bits per heavy atom.